The van der Waals surface area contributed by atoms with Crippen molar-refractivity contribution in [3.05, 3.63) is 59.4 Å². The lowest BCUT2D eigenvalue weighted by molar-refractivity contribution is 0.300. The molecule has 8 heteroatoms. The molecule has 6 nitrogen and oxygen atoms in total. The van der Waals surface area contributed by atoms with E-state index in [9.17, 15) is 12.8 Å². The fourth-order valence-electron chi connectivity index (χ4n) is 3.32. The molecule has 1 fully saturated rings. The number of hydrogen-bond donors (Lipinski definition) is 0. The monoisotopic (exact) mass is 429 g/mol. The second kappa shape index (κ2) is 8.55. The number of rotatable bonds is 8. The molecule has 2 aromatic rings. The molecule has 2 aromatic carbocycles. The van der Waals surface area contributed by atoms with Gasteiger partial charge in [-0.25, -0.2) is 22.8 Å². The van der Waals surface area contributed by atoms with Crippen LogP contribution < -0.4 is 9.64 Å². The minimum Gasteiger partial charge on any atom is -0.493 e. The third kappa shape index (κ3) is 5.44. The Morgan fingerprint density at radius 2 is 2.03 bits per heavy atom. The summed E-state index contributed by atoms with van der Waals surface area (Å²) in [7, 11) is -3.11. The van der Waals surface area contributed by atoms with Crippen molar-refractivity contribution in [2.24, 2.45) is 15.9 Å². The van der Waals surface area contributed by atoms with E-state index in [1.54, 1.807) is 18.5 Å². The number of halogens is 1. The first-order chi connectivity index (χ1) is 14.4. The number of nitrogens with zero attached hydrogens (tertiary/aromatic N) is 3. The van der Waals surface area contributed by atoms with E-state index >= 15 is 0 Å². The fraction of sp³-hybridized carbons (Fsp3) is 0.364. The van der Waals surface area contributed by atoms with E-state index in [0.717, 1.165) is 18.0 Å². The molecule has 0 unspecified atom stereocenters. The molecule has 0 bridgehead atoms. The summed E-state index contributed by atoms with van der Waals surface area (Å²) in [5.74, 6) is 1.30. The van der Waals surface area contributed by atoms with Crippen LogP contribution in [0.5, 0.6) is 5.75 Å². The van der Waals surface area contributed by atoms with Crippen molar-refractivity contribution in [2.45, 2.75) is 25.0 Å². The summed E-state index contributed by atoms with van der Waals surface area (Å²) >= 11 is 0. The van der Waals surface area contributed by atoms with Gasteiger partial charge in [0.05, 0.1) is 24.3 Å². The highest BCUT2D eigenvalue weighted by Gasteiger charge is 2.21. The van der Waals surface area contributed by atoms with Gasteiger partial charge in [-0.15, -0.1) is 0 Å². The van der Waals surface area contributed by atoms with E-state index in [1.165, 1.54) is 31.2 Å². The number of anilines is 1. The van der Waals surface area contributed by atoms with Gasteiger partial charge in [0.1, 0.15) is 18.2 Å². The second-order valence-corrected chi connectivity index (χ2v) is 9.94. The third-order valence-corrected chi connectivity index (χ3v) is 5.89. The van der Waals surface area contributed by atoms with E-state index in [-0.39, 0.29) is 11.6 Å². The molecular formula is C22H24FN3O3S. The van der Waals surface area contributed by atoms with Crippen LogP contribution in [0.4, 0.5) is 10.1 Å². The Hall–Kier alpha value is -2.74. The van der Waals surface area contributed by atoms with Crippen LogP contribution in [0.15, 0.2) is 52.4 Å². The Morgan fingerprint density at radius 3 is 2.73 bits per heavy atom. The molecule has 158 valence electrons. The van der Waals surface area contributed by atoms with Gasteiger partial charge in [0.2, 0.25) is 0 Å². The van der Waals surface area contributed by atoms with Gasteiger partial charge in [-0.3, -0.25) is 0 Å². The molecule has 1 saturated carbocycles. The first-order valence-corrected chi connectivity index (χ1v) is 12.0. The standard InChI is InChI=1S/C22H24FN3O3S/c1-30(27,28)13-17-3-2-4-19(11-17)26-14-24-22(25-15-26)20-8-7-18(23)12-21(20)29-10-9-16-5-6-16/h2-4,7-8,11-12,14,16H,5-6,9-10,13,15H2,1H3. The number of benzene rings is 2. The number of ether oxygens (including phenoxy) is 1. The lowest BCUT2D eigenvalue weighted by Crippen LogP contribution is -2.27. The van der Waals surface area contributed by atoms with Crippen LogP contribution in [0.25, 0.3) is 0 Å². The predicted molar refractivity (Wildman–Crippen MR) is 117 cm³/mol. The topological polar surface area (TPSA) is 71.3 Å². The minimum atomic E-state index is -3.11. The Labute approximate surface area is 176 Å². The van der Waals surface area contributed by atoms with Crippen LogP contribution in [-0.4, -0.2) is 40.1 Å². The van der Waals surface area contributed by atoms with Crippen molar-refractivity contribution < 1.29 is 17.5 Å². The molecule has 1 heterocycles. The lowest BCUT2D eigenvalue weighted by atomic mass is 10.1. The molecule has 2 aliphatic rings. The van der Waals surface area contributed by atoms with Crippen LogP contribution in [0.3, 0.4) is 0 Å². The summed E-state index contributed by atoms with van der Waals surface area (Å²) < 4.78 is 42.7. The average Bonchev–Trinajstić information content (AvgIpc) is 3.52. The summed E-state index contributed by atoms with van der Waals surface area (Å²) in [5, 5.41) is 0. The van der Waals surface area contributed by atoms with Gasteiger partial charge < -0.3 is 9.64 Å². The van der Waals surface area contributed by atoms with Crippen LogP contribution in [0, 0.1) is 11.7 Å². The zero-order valence-electron chi connectivity index (χ0n) is 16.8. The number of hydrogen-bond acceptors (Lipinski definition) is 6. The zero-order valence-corrected chi connectivity index (χ0v) is 17.6. The maximum atomic E-state index is 13.7. The molecular weight excluding hydrogens is 405 g/mol. The van der Waals surface area contributed by atoms with Crippen LogP contribution >= 0.6 is 0 Å². The van der Waals surface area contributed by atoms with Crippen LogP contribution in [-0.2, 0) is 15.6 Å². The molecule has 0 aromatic heterocycles. The first-order valence-electron chi connectivity index (χ1n) is 9.92. The Morgan fingerprint density at radius 1 is 1.20 bits per heavy atom. The van der Waals surface area contributed by atoms with Gasteiger partial charge in [-0.1, -0.05) is 25.0 Å². The molecule has 0 atom stereocenters. The minimum absolute atomic E-state index is 0.0164. The van der Waals surface area contributed by atoms with E-state index < -0.39 is 9.84 Å². The Kier molecular flexibility index (Phi) is 5.85. The van der Waals surface area contributed by atoms with Gasteiger partial charge in [0.25, 0.3) is 0 Å². The van der Waals surface area contributed by atoms with Crippen molar-refractivity contribution in [1.82, 2.24) is 0 Å². The van der Waals surface area contributed by atoms with Gasteiger partial charge in [-0.05, 0) is 42.2 Å². The Bertz CT molecular complexity index is 1090. The van der Waals surface area contributed by atoms with Crippen molar-refractivity contribution in [3.8, 4) is 5.75 Å². The largest absolute Gasteiger partial charge is 0.493 e. The van der Waals surface area contributed by atoms with Crippen LogP contribution in [0.2, 0.25) is 0 Å². The predicted octanol–water partition coefficient (Wildman–Crippen LogP) is 3.80. The molecule has 0 amide bonds. The van der Waals surface area contributed by atoms with E-state index in [1.807, 2.05) is 23.1 Å². The van der Waals surface area contributed by atoms with E-state index in [4.69, 9.17) is 4.74 Å². The number of amidine groups is 1. The van der Waals surface area contributed by atoms with Gasteiger partial charge >= 0.3 is 0 Å². The molecule has 30 heavy (non-hydrogen) atoms. The molecule has 4 rings (SSSR count). The third-order valence-electron chi connectivity index (χ3n) is 5.03. The fourth-order valence-corrected chi connectivity index (χ4v) is 4.10. The normalized spacial score (nSPS) is 16.5. The maximum Gasteiger partial charge on any atom is 0.161 e. The van der Waals surface area contributed by atoms with Gasteiger partial charge in [0.15, 0.2) is 15.7 Å². The zero-order chi connectivity index (χ0) is 21.1. The maximum absolute atomic E-state index is 13.7. The van der Waals surface area contributed by atoms with Crippen LogP contribution in [0.1, 0.15) is 30.4 Å². The highest BCUT2D eigenvalue weighted by Crippen LogP contribution is 2.33. The van der Waals surface area contributed by atoms with E-state index in [0.29, 0.717) is 36.0 Å². The highest BCUT2D eigenvalue weighted by molar-refractivity contribution is 7.89. The molecule has 0 N–H and O–H groups in total. The lowest BCUT2D eigenvalue weighted by Gasteiger charge is -2.22. The number of aliphatic imine (C=N–C) groups is 2. The number of sulfone groups is 1. The Balaban J connectivity index is 1.48. The van der Waals surface area contributed by atoms with Crippen molar-refractivity contribution in [3.63, 3.8) is 0 Å². The summed E-state index contributed by atoms with van der Waals surface area (Å²) in [6.07, 6.45) is 6.34. The highest BCUT2D eigenvalue weighted by atomic mass is 32.2. The van der Waals surface area contributed by atoms with Crippen molar-refractivity contribution in [1.29, 1.82) is 0 Å². The van der Waals surface area contributed by atoms with Gasteiger partial charge in [-0.2, -0.15) is 0 Å². The summed E-state index contributed by atoms with van der Waals surface area (Å²) in [4.78, 5) is 10.8. The summed E-state index contributed by atoms with van der Waals surface area (Å²) in [5.41, 5.74) is 2.18. The SMILES string of the molecule is CS(=O)(=O)Cc1cccc(N2C=NC(c3ccc(F)cc3OCCC3CC3)=NC2)c1. The van der Waals surface area contributed by atoms with Crippen molar-refractivity contribution in [2.75, 3.05) is 24.4 Å². The smallest absolute Gasteiger partial charge is 0.161 e. The summed E-state index contributed by atoms with van der Waals surface area (Å²) in [6, 6.07) is 11.7. The van der Waals surface area contributed by atoms with Gasteiger partial charge in [0, 0.05) is 18.0 Å². The van der Waals surface area contributed by atoms with E-state index in [2.05, 4.69) is 9.98 Å². The molecule has 0 radical (unpaired) electrons. The average molecular weight is 430 g/mol. The quantitative estimate of drug-likeness (QED) is 0.640. The first kappa shape index (κ1) is 20.5. The summed E-state index contributed by atoms with van der Waals surface area (Å²) in [6.45, 7) is 0.872. The second-order valence-electron chi connectivity index (χ2n) is 7.80. The molecule has 1 aliphatic heterocycles. The molecule has 1 aliphatic carbocycles. The van der Waals surface area contributed by atoms with Crippen molar-refractivity contribution >= 4 is 27.7 Å². The molecule has 0 saturated heterocycles. The molecule has 0 spiro atoms.